The first-order chi connectivity index (χ1) is 5.02. The smallest absolute Gasteiger partial charge is 0.314 e. The standard InChI is InChI=1S/C7H14N2O2/c1-5(2)4-11-6(3)9-7(8)10/h6H,1,4H2,2-3H3,(H3,8,9,10). The van der Waals surface area contributed by atoms with Gasteiger partial charge in [0.15, 0.2) is 0 Å². The van der Waals surface area contributed by atoms with Gasteiger partial charge in [0.2, 0.25) is 0 Å². The third-order valence-electron chi connectivity index (χ3n) is 0.925. The first kappa shape index (κ1) is 9.97. The van der Waals surface area contributed by atoms with Gasteiger partial charge in [-0.3, -0.25) is 0 Å². The topological polar surface area (TPSA) is 64.3 Å². The van der Waals surface area contributed by atoms with Gasteiger partial charge in [0.1, 0.15) is 6.23 Å². The summed E-state index contributed by atoms with van der Waals surface area (Å²) >= 11 is 0. The van der Waals surface area contributed by atoms with Crippen LogP contribution >= 0.6 is 0 Å². The molecule has 1 unspecified atom stereocenters. The highest BCUT2D eigenvalue weighted by Gasteiger charge is 2.01. The minimum absolute atomic E-state index is 0.357. The molecule has 1 atom stereocenters. The second kappa shape index (κ2) is 4.73. The van der Waals surface area contributed by atoms with Gasteiger partial charge in [-0.25, -0.2) is 4.79 Å². The van der Waals surface area contributed by atoms with Crippen molar-refractivity contribution in [3.8, 4) is 0 Å². The highest BCUT2D eigenvalue weighted by atomic mass is 16.5. The van der Waals surface area contributed by atoms with Crippen molar-refractivity contribution < 1.29 is 9.53 Å². The van der Waals surface area contributed by atoms with E-state index in [1.807, 2.05) is 6.92 Å². The molecule has 3 N–H and O–H groups in total. The van der Waals surface area contributed by atoms with E-state index in [1.54, 1.807) is 6.92 Å². The quantitative estimate of drug-likeness (QED) is 0.464. The normalized spacial score (nSPS) is 12.2. The largest absolute Gasteiger partial charge is 0.354 e. The summed E-state index contributed by atoms with van der Waals surface area (Å²) in [5, 5.41) is 2.37. The van der Waals surface area contributed by atoms with Crippen LogP contribution in [0.1, 0.15) is 13.8 Å². The minimum Gasteiger partial charge on any atom is -0.354 e. The number of primary amides is 1. The Balaban J connectivity index is 3.44. The molecule has 0 bridgehead atoms. The van der Waals surface area contributed by atoms with Crippen LogP contribution in [-0.4, -0.2) is 18.9 Å². The number of rotatable bonds is 4. The third kappa shape index (κ3) is 6.86. The van der Waals surface area contributed by atoms with Crippen LogP contribution in [-0.2, 0) is 4.74 Å². The van der Waals surface area contributed by atoms with Crippen molar-refractivity contribution >= 4 is 6.03 Å². The van der Waals surface area contributed by atoms with Crippen LogP contribution in [0.25, 0.3) is 0 Å². The molecular weight excluding hydrogens is 144 g/mol. The van der Waals surface area contributed by atoms with Crippen LogP contribution in [0.15, 0.2) is 12.2 Å². The molecule has 4 nitrogen and oxygen atoms in total. The van der Waals surface area contributed by atoms with E-state index in [-0.39, 0.29) is 6.23 Å². The molecule has 0 heterocycles. The van der Waals surface area contributed by atoms with Crippen molar-refractivity contribution in [2.45, 2.75) is 20.1 Å². The maximum absolute atomic E-state index is 10.3. The Kier molecular flexibility index (Phi) is 4.29. The van der Waals surface area contributed by atoms with Crippen LogP contribution in [0.4, 0.5) is 4.79 Å². The van der Waals surface area contributed by atoms with E-state index >= 15 is 0 Å². The van der Waals surface area contributed by atoms with E-state index in [1.165, 1.54) is 0 Å². The molecule has 0 aromatic carbocycles. The second-order valence-electron chi connectivity index (χ2n) is 2.42. The van der Waals surface area contributed by atoms with Gasteiger partial charge < -0.3 is 15.8 Å². The Morgan fingerprint density at radius 2 is 2.36 bits per heavy atom. The fourth-order valence-corrected chi connectivity index (χ4v) is 0.509. The lowest BCUT2D eigenvalue weighted by atomic mass is 10.4. The lowest BCUT2D eigenvalue weighted by molar-refractivity contribution is 0.0668. The number of nitrogens with one attached hydrogen (secondary N) is 1. The molecular formula is C7H14N2O2. The van der Waals surface area contributed by atoms with Gasteiger partial charge in [-0.2, -0.15) is 0 Å². The first-order valence-corrected chi connectivity index (χ1v) is 3.34. The molecule has 0 fully saturated rings. The summed E-state index contributed by atoms with van der Waals surface area (Å²) < 4.78 is 5.10. The summed E-state index contributed by atoms with van der Waals surface area (Å²) in [6.45, 7) is 7.62. The van der Waals surface area contributed by atoms with Crippen molar-refractivity contribution in [3.63, 3.8) is 0 Å². The van der Waals surface area contributed by atoms with Crippen molar-refractivity contribution in [2.24, 2.45) is 5.73 Å². The van der Waals surface area contributed by atoms with Crippen LogP contribution < -0.4 is 11.1 Å². The predicted octanol–water partition coefficient (Wildman–Crippen LogP) is 0.593. The maximum atomic E-state index is 10.3. The van der Waals surface area contributed by atoms with Crippen LogP contribution in [0.3, 0.4) is 0 Å². The van der Waals surface area contributed by atoms with E-state index in [4.69, 9.17) is 10.5 Å². The predicted molar refractivity (Wildman–Crippen MR) is 42.9 cm³/mol. The van der Waals surface area contributed by atoms with Crippen molar-refractivity contribution in [1.82, 2.24) is 5.32 Å². The van der Waals surface area contributed by atoms with E-state index in [0.29, 0.717) is 6.61 Å². The zero-order chi connectivity index (χ0) is 8.85. The minimum atomic E-state index is -0.584. The SMILES string of the molecule is C=C(C)COC(C)NC(N)=O. The van der Waals surface area contributed by atoms with Crippen molar-refractivity contribution in [2.75, 3.05) is 6.61 Å². The molecule has 0 aromatic heterocycles. The number of amides is 2. The summed E-state index contributed by atoms with van der Waals surface area (Å²) in [6, 6.07) is -0.584. The molecule has 0 aromatic rings. The number of nitrogens with two attached hydrogens (primary N) is 1. The average Bonchev–Trinajstić information content (AvgIpc) is 1.82. The van der Waals surface area contributed by atoms with Crippen molar-refractivity contribution in [3.05, 3.63) is 12.2 Å². The fourth-order valence-electron chi connectivity index (χ4n) is 0.509. The third-order valence-corrected chi connectivity index (χ3v) is 0.925. The molecule has 0 saturated carbocycles. The highest BCUT2D eigenvalue weighted by molar-refractivity contribution is 5.71. The number of carbonyl (C=O) groups excluding carboxylic acids is 1. The summed E-state index contributed by atoms with van der Waals surface area (Å²) in [7, 11) is 0. The molecule has 0 aliphatic rings. The second-order valence-corrected chi connectivity index (χ2v) is 2.42. The number of carbonyl (C=O) groups is 1. The Morgan fingerprint density at radius 1 is 1.82 bits per heavy atom. The van der Waals surface area contributed by atoms with Crippen LogP contribution in [0, 0.1) is 0 Å². The van der Waals surface area contributed by atoms with Crippen LogP contribution in [0.5, 0.6) is 0 Å². The molecule has 4 heteroatoms. The lowest BCUT2D eigenvalue weighted by Crippen LogP contribution is -2.38. The lowest BCUT2D eigenvalue weighted by Gasteiger charge is -2.12. The first-order valence-electron chi connectivity index (χ1n) is 3.34. The van der Waals surface area contributed by atoms with E-state index in [2.05, 4.69) is 11.9 Å². The Morgan fingerprint density at radius 3 is 2.73 bits per heavy atom. The maximum Gasteiger partial charge on any atom is 0.314 e. The summed E-state index contributed by atoms with van der Waals surface area (Å²) in [5.41, 5.74) is 5.75. The molecule has 0 rings (SSSR count). The number of ether oxygens (including phenoxy) is 1. The molecule has 0 aliphatic heterocycles. The van der Waals surface area contributed by atoms with E-state index in [9.17, 15) is 4.79 Å². The molecule has 0 radical (unpaired) electrons. The molecule has 0 aliphatic carbocycles. The summed E-state index contributed by atoms with van der Waals surface area (Å²) in [4.78, 5) is 10.3. The van der Waals surface area contributed by atoms with Gasteiger partial charge in [0.05, 0.1) is 6.61 Å². The molecule has 0 spiro atoms. The molecule has 64 valence electrons. The Hall–Kier alpha value is -1.03. The van der Waals surface area contributed by atoms with Gasteiger partial charge in [0, 0.05) is 0 Å². The fraction of sp³-hybridized carbons (Fsp3) is 0.571. The zero-order valence-electron chi connectivity index (χ0n) is 6.89. The summed E-state index contributed by atoms with van der Waals surface area (Å²) in [5.74, 6) is 0. The van der Waals surface area contributed by atoms with E-state index in [0.717, 1.165) is 5.57 Å². The monoisotopic (exact) mass is 158 g/mol. The molecule has 2 amide bonds. The Bertz CT molecular complexity index is 157. The van der Waals surface area contributed by atoms with E-state index < -0.39 is 6.03 Å². The van der Waals surface area contributed by atoms with Gasteiger partial charge in [0.25, 0.3) is 0 Å². The van der Waals surface area contributed by atoms with Crippen molar-refractivity contribution in [1.29, 1.82) is 0 Å². The number of urea groups is 1. The molecule has 11 heavy (non-hydrogen) atoms. The number of hydrogen-bond donors (Lipinski definition) is 2. The van der Waals surface area contributed by atoms with Gasteiger partial charge >= 0.3 is 6.03 Å². The van der Waals surface area contributed by atoms with Crippen LogP contribution in [0.2, 0.25) is 0 Å². The zero-order valence-corrected chi connectivity index (χ0v) is 6.89. The molecule has 0 saturated heterocycles. The van der Waals surface area contributed by atoms with Gasteiger partial charge in [-0.05, 0) is 13.8 Å². The summed E-state index contributed by atoms with van der Waals surface area (Å²) in [6.07, 6.45) is -0.357. The highest BCUT2D eigenvalue weighted by Crippen LogP contribution is 1.91. The Labute approximate surface area is 66.4 Å². The average molecular weight is 158 g/mol. The van der Waals surface area contributed by atoms with Gasteiger partial charge in [-0.15, -0.1) is 0 Å². The number of hydrogen-bond acceptors (Lipinski definition) is 2. The van der Waals surface area contributed by atoms with Gasteiger partial charge in [-0.1, -0.05) is 12.2 Å².